The van der Waals surface area contributed by atoms with E-state index in [0.29, 0.717) is 16.8 Å². The molecule has 2 aromatic rings. The number of benzene rings is 2. The van der Waals surface area contributed by atoms with Crippen LogP contribution in [0.25, 0.3) is 0 Å². The Morgan fingerprint density at radius 1 is 1.23 bits per heavy atom. The van der Waals surface area contributed by atoms with Crippen LogP contribution in [0.2, 0.25) is 0 Å². The predicted molar refractivity (Wildman–Crippen MR) is 104 cm³/mol. The smallest absolute Gasteiger partial charge is 0.387 e. The van der Waals surface area contributed by atoms with E-state index < -0.39 is 12.6 Å². The van der Waals surface area contributed by atoms with Gasteiger partial charge in [0, 0.05) is 6.54 Å². The fourth-order valence-electron chi connectivity index (χ4n) is 3.78. The maximum atomic E-state index is 12.5. The van der Waals surface area contributed by atoms with Gasteiger partial charge < -0.3 is 24.4 Å². The largest absolute Gasteiger partial charge is 0.493 e. The maximum Gasteiger partial charge on any atom is 0.387 e. The first-order chi connectivity index (χ1) is 14.5. The number of amides is 1. The Bertz CT molecular complexity index is 982. The van der Waals surface area contributed by atoms with E-state index in [2.05, 4.69) is 15.0 Å². The van der Waals surface area contributed by atoms with Crippen LogP contribution in [0.4, 0.5) is 20.2 Å². The number of esters is 1. The zero-order chi connectivity index (χ0) is 21.3. The standard InChI is InChI=1S/C21H20F2N2O5/c1-28-18-9-12(4-7-17(18)30-21(22)23)11-29-20(27)13-5-6-15-14(10-13)24-19(26)16-3-2-8-25(15)16/h4-7,9-10,16,21H,2-3,8,11H2,1H3,(H,24,26)/t16-/m0/s1. The van der Waals surface area contributed by atoms with Crippen molar-refractivity contribution in [1.29, 1.82) is 0 Å². The van der Waals surface area contributed by atoms with Gasteiger partial charge in [-0.3, -0.25) is 4.79 Å². The van der Waals surface area contributed by atoms with Crippen molar-refractivity contribution >= 4 is 23.3 Å². The summed E-state index contributed by atoms with van der Waals surface area (Å²) >= 11 is 0. The molecule has 2 heterocycles. The summed E-state index contributed by atoms with van der Waals surface area (Å²) < 4.78 is 39.6. The lowest BCUT2D eigenvalue weighted by Crippen LogP contribution is -2.43. The summed E-state index contributed by atoms with van der Waals surface area (Å²) in [5, 5.41) is 2.86. The molecule has 158 valence electrons. The van der Waals surface area contributed by atoms with E-state index >= 15 is 0 Å². The lowest BCUT2D eigenvalue weighted by atomic mass is 10.1. The van der Waals surface area contributed by atoms with E-state index in [1.165, 1.54) is 25.3 Å². The molecule has 1 amide bonds. The van der Waals surface area contributed by atoms with Gasteiger partial charge in [-0.1, -0.05) is 6.07 Å². The Kier molecular flexibility index (Phi) is 5.43. The van der Waals surface area contributed by atoms with Crippen molar-refractivity contribution < 1.29 is 32.6 Å². The van der Waals surface area contributed by atoms with Crippen LogP contribution in [-0.2, 0) is 16.1 Å². The number of nitrogens with zero attached hydrogens (tertiary/aromatic N) is 1. The number of anilines is 2. The van der Waals surface area contributed by atoms with E-state index in [0.717, 1.165) is 25.1 Å². The Balaban J connectivity index is 1.45. The number of rotatable bonds is 6. The van der Waals surface area contributed by atoms with Crippen LogP contribution in [0, 0.1) is 0 Å². The molecule has 0 spiro atoms. The topological polar surface area (TPSA) is 77.1 Å². The minimum absolute atomic E-state index is 0.0660. The highest BCUT2D eigenvalue weighted by Crippen LogP contribution is 2.37. The average molecular weight is 418 g/mol. The highest BCUT2D eigenvalue weighted by Gasteiger charge is 2.36. The number of alkyl halides is 2. The lowest BCUT2D eigenvalue weighted by Gasteiger charge is -2.33. The minimum Gasteiger partial charge on any atom is -0.493 e. The molecule has 1 fully saturated rings. The third-order valence-electron chi connectivity index (χ3n) is 5.17. The molecule has 7 nitrogen and oxygen atoms in total. The SMILES string of the molecule is COc1cc(COC(=O)c2ccc3c(c2)NC(=O)[C@@H]2CCCN32)ccc1OC(F)F. The quantitative estimate of drug-likeness (QED) is 0.723. The summed E-state index contributed by atoms with van der Waals surface area (Å²) in [6.07, 6.45) is 1.77. The van der Waals surface area contributed by atoms with E-state index in [-0.39, 0.29) is 30.1 Å². The predicted octanol–water partition coefficient (Wildman–Crippen LogP) is 3.57. The maximum absolute atomic E-state index is 12.5. The fraction of sp³-hybridized carbons (Fsp3) is 0.333. The average Bonchev–Trinajstić information content (AvgIpc) is 3.23. The molecule has 0 bridgehead atoms. The van der Waals surface area contributed by atoms with Crippen molar-refractivity contribution in [3.63, 3.8) is 0 Å². The molecule has 0 saturated carbocycles. The number of ether oxygens (including phenoxy) is 3. The van der Waals surface area contributed by atoms with Crippen molar-refractivity contribution in [2.24, 2.45) is 0 Å². The van der Waals surface area contributed by atoms with Crippen LogP contribution < -0.4 is 19.7 Å². The van der Waals surface area contributed by atoms with Gasteiger partial charge in [0.05, 0.1) is 24.0 Å². The van der Waals surface area contributed by atoms with Crippen molar-refractivity contribution in [3.8, 4) is 11.5 Å². The molecule has 0 radical (unpaired) electrons. The van der Waals surface area contributed by atoms with Gasteiger partial charge in [0.2, 0.25) is 5.91 Å². The Morgan fingerprint density at radius 3 is 2.83 bits per heavy atom. The molecular formula is C21H20F2N2O5. The molecule has 0 aliphatic carbocycles. The molecule has 9 heteroatoms. The van der Waals surface area contributed by atoms with Crippen molar-refractivity contribution in [2.45, 2.75) is 32.1 Å². The van der Waals surface area contributed by atoms with Crippen LogP contribution in [0.3, 0.4) is 0 Å². The van der Waals surface area contributed by atoms with E-state index in [4.69, 9.17) is 9.47 Å². The van der Waals surface area contributed by atoms with Gasteiger partial charge in [-0.05, 0) is 48.7 Å². The number of methoxy groups -OCH3 is 1. The summed E-state index contributed by atoms with van der Waals surface area (Å²) in [7, 11) is 1.33. The van der Waals surface area contributed by atoms with E-state index in [1.54, 1.807) is 12.1 Å². The molecule has 0 aromatic heterocycles. The Hall–Kier alpha value is -3.36. The number of fused-ring (bicyclic) bond motifs is 3. The number of nitrogens with one attached hydrogen (secondary N) is 1. The number of hydrogen-bond donors (Lipinski definition) is 1. The normalized spacial score (nSPS) is 17.3. The number of carbonyl (C=O) groups excluding carboxylic acids is 2. The number of carbonyl (C=O) groups is 2. The van der Waals surface area contributed by atoms with Gasteiger partial charge in [-0.15, -0.1) is 0 Å². The second kappa shape index (κ2) is 8.17. The summed E-state index contributed by atoms with van der Waals surface area (Å²) in [5.74, 6) is -0.625. The van der Waals surface area contributed by atoms with Crippen LogP contribution in [0.1, 0.15) is 28.8 Å². The molecule has 1 N–H and O–H groups in total. The van der Waals surface area contributed by atoms with Gasteiger partial charge in [-0.25, -0.2) is 4.79 Å². The molecule has 2 aromatic carbocycles. The van der Waals surface area contributed by atoms with Crippen LogP contribution in [0.15, 0.2) is 36.4 Å². The molecule has 4 rings (SSSR count). The second-order valence-corrected chi connectivity index (χ2v) is 7.01. The van der Waals surface area contributed by atoms with Crippen molar-refractivity contribution in [1.82, 2.24) is 0 Å². The molecule has 1 atom stereocenters. The highest BCUT2D eigenvalue weighted by molar-refractivity contribution is 6.05. The van der Waals surface area contributed by atoms with Gasteiger partial charge in [0.1, 0.15) is 12.6 Å². The molecule has 0 unspecified atom stereocenters. The minimum atomic E-state index is -2.97. The van der Waals surface area contributed by atoms with Crippen molar-refractivity contribution in [2.75, 3.05) is 23.9 Å². The first-order valence-electron chi connectivity index (χ1n) is 9.46. The summed E-state index contributed by atoms with van der Waals surface area (Å²) in [5.41, 5.74) is 2.33. The van der Waals surface area contributed by atoms with Gasteiger partial charge >= 0.3 is 12.6 Å². The van der Waals surface area contributed by atoms with E-state index in [1.807, 2.05) is 6.07 Å². The zero-order valence-electron chi connectivity index (χ0n) is 16.2. The van der Waals surface area contributed by atoms with E-state index in [9.17, 15) is 18.4 Å². The zero-order valence-corrected chi connectivity index (χ0v) is 16.2. The van der Waals surface area contributed by atoms with Gasteiger partial charge in [-0.2, -0.15) is 8.78 Å². The monoisotopic (exact) mass is 418 g/mol. The Labute approximate surface area is 171 Å². The number of halogens is 2. The second-order valence-electron chi connectivity index (χ2n) is 7.01. The third kappa shape index (κ3) is 3.87. The van der Waals surface area contributed by atoms with Crippen LogP contribution in [0.5, 0.6) is 11.5 Å². The third-order valence-corrected chi connectivity index (χ3v) is 5.17. The fourth-order valence-corrected chi connectivity index (χ4v) is 3.78. The van der Waals surface area contributed by atoms with Crippen molar-refractivity contribution in [3.05, 3.63) is 47.5 Å². The van der Waals surface area contributed by atoms with Crippen LogP contribution >= 0.6 is 0 Å². The van der Waals surface area contributed by atoms with Crippen LogP contribution in [-0.4, -0.2) is 38.2 Å². The molecule has 2 aliphatic rings. The summed E-state index contributed by atoms with van der Waals surface area (Å²) in [4.78, 5) is 26.8. The molecule has 1 saturated heterocycles. The molecular weight excluding hydrogens is 398 g/mol. The molecule has 2 aliphatic heterocycles. The first-order valence-corrected chi connectivity index (χ1v) is 9.46. The Morgan fingerprint density at radius 2 is 2.07 bits per heavy atom. The van der Waals surface area contributed by atoms with Gasteiger partial charge in [0.15, 0.2) is 11.5 Å². The summed E-state index contributed by atoms with van der Waals surface area (Å²) in [6.45, 7) is -2.24. The molecule has 30 heavy (non-hydrogen) atoms. The highest BCUT2D eigenvalue weighted by atomic mass is 19.3. The lowest BCUT2D eigenvalue weighted by molar-refractivity contribution is -0.117. The first kappa shape index (κ1) is 19.9. The summed E-state index contributed by atoms with van der Waals surface area (Å²) in [6, 6.07) is 9.22. The number of hydrogen-bond acceptors (Lipinski definition) is 6. The van der Waals surface area contributed by atoms with Gasteiger partial charge in [0.25, 0.3) is 0 Å².